The number of fused-ring (bicyclic) bond motifs is 6. The van der Waals surface area contributed by atoms with E-state index in [0.29, 0.717) is 17.5 Å². The highest BCUT2D eigenvalue weighted by Crippen LogP contribution is 2.44. The van der Waals surface area contributed by atoms with Crippen LogP contribution >= 0.6 is 11.3 Å². The maximum atomic E-state index is 6.35. The third-order valence-electron chi connectivity index (χ3n) is 10.9. The molecule has 0 spiro atoms. The number of para-hydroxylation sites is 1. The minimum absolute atomic E-state index is 0.0986. The lowest BCUT2D eigenvalue weighted by atomic mass is 9.89. The van der Waals surface area contributed by atoms with E-state index in [1.807, 2.05) is 53.8 Å². The Morgan fingerprint density at radius 2 is 1.07 bits per heavy atom. The summed E-state index contributed by atoms with van der Waals surface area (Å²) in [4.78, 5) is 15.1. The van der Waals surface area contributed by atoms with Crippen molar-refractivity contribution in [2.45, 2.75) is 12.0 Å². The summed E-state index contributed by atoms with van der Waals surface area (Å²) < 4.78 is 8.91. The number of ether oxygens (including phenoxy) is 1. The highest BCUT2D eigenvalue weighted by molar-refractivity contribution is 7.26. The molecule has 0 amide bonds. The van der Waals surface area contributed by atoms with Crippen LogP contribution in [0.4, 0.5) is 0 Å². The van der Waals surface area contributed by atoms with Crippen molar-refractivity contribution in [3.05, 3.63) is 199 Å². The van der Waals surface area contributed by atoms with E-state index in [1.165, 1.54) is 53.6 Å². The molecule has 2 aromatic heterocycles. The number of hydrogen-bond acceptors (Lipinski definition) is 5. The van der Waals surface area contributed by atoms with Crippen LogP contribution in [0.3, 0.4) is 0 Å². The maximum absolute atomic E-state index is 6.35. The molecule has 2 atom stereocenters. The van der Waals surface area contributed by atoms with Gasteiger partial charge in [0.1, 0.15) is 11.9 Å². The van der Waals surface area contributed by atoms with Crippen molar-refractivity contribution in [1.82, 2.24) is 15.0 Å². The average molecular weight is 736 g/mol. The molecule has 0 fully saturated rings. The van der Waals surface area contributed by atoms with Gasteiger partial charge in [0.2, 0.25) is 0 Å². The third-order valence-corrected chi connectivity index (χ3v) is 12.0. The van der Waals surface area contributed by atoms with Gasteiger partial charge in [0.05, 0.1) is 0 Å². The van der Waals surface area contributed by atoms with Crippen molar-refractivity contribution >= 4 is 37.1 Å². The summed E-state index contributed by atoms with van der Waals surface area (Å²) in [5.74, 6) is 3.02. The molecule has 9 aromatic rings. The molecule has 3 heterocycles. The van der Waals surface area contributed by atoms with Gasteiger partial charge in [-0.05, 0) is 69.8 Å². The standard InChI is InChI=1S/C51H33N3OS/c1-3-11-32(12-4-1)36-15-9-16-37(29-36)38-26-28-46-43(30-38)48-40(18-10-20-47(48)56-46)33-21-23-35(24-22-33)50-52-49(34-13-5-2-6-14-34)53-51(54-50)39-25-27-42-41-17-7-8-19-44(41)55-45(42)31-39/h1-31,42,45H. The summed E-state index contributed by atoms with van der Waals surface area (Å²) in [6, 6.07) is 60.0. The first-order chi connectivity index (χ1) is 27.7. The first-order valence-corrected chi connectivity index (χ1v) is 19.7. The van der Waals surface area contributed by atoms with Gasteiger partial charge in [-0.2, -0.15) is 0 Å². The number of benzene rings is 7. The van der Waals surface area contributed by atoms with Gasteiger partial charge in [0.25, 0.3) is 0 Å². The number of aromatic nitrogens is 3. The number of rotatable bonds is 6. The summed E-state index contributed by atoms with van der Waals surface area (Å²) in [6.45, 7) is 0. The zero-order valence-corrected chi connectivity index (χ0v) is 31.0. The van der Waals surface area contributed by atoms with Crippen molar-refractivity contribution < 1.29 is 4.74 Å². The van der Waals surface area contributed by atoms with Gasteiger partial charge >= 0.3 is 0 Å². The molecule has 1 aliphatic heterocycles. The van der Waals surface area contributed by atoms with Crippen LogP contribution in [0.1, 0.15) is 17.3 Å². The molecule has 2 unspecified atom stereocenters. The fourth-order valence-corrected chi connectivity index (χ4v) is 9.22. The van der Waals surface area contributed by atoms with E-state index >= 15 is 0 Å². The van der Waals surface area contributed by atoms with Crippen LogP contribution < -0.4 is 4.74 Å². The molecule has 0 radical (unpaired) electrons. The number of nitrogens with zero attached hydrogens (tertiary/aromatic N) is 3. The van der Waals surface area contributed by atoms with Crippen molar-refractivity contribution in [3.63, 3.8) is 0 Å². The molecule has 11 rings (SSSR count). The van der Waals surface area contributed by atoms with Gasteiger partial charge in [0, 0.05) is 48.4 Å². The number of hydrogen-bond donors (Lipinski definition) is 0. The van der Waals surface area contributed by atoms with E-state index in [4.69, 9.17) is 19.7 Å². The van der Waals surface area contributed by atoms with E-state index in [9.17, 15) is 0 Å². The molecular weight excluding hydrogens is 703 g/mol. The van der Waals surface area contributed by atoms with Crippen molar-refractivity contribution in [2.24, 2.45) is 0 Å². The Morgan fingerprint density at radius 3 is 1.88 bits per heavy atom. The molecule has 0 saturated heterocycles. The molecule has 1 aliphatic carbocycles. The second kappa shape index (κ2) is 13.4. The largest absolute Gasteiger partial charge is 0.485 e. The molecule has 4 nitrogen and oxygen atoms in total. The van der Waals surface area contributed by atoms with Crippen LogP contribution in [0.5, 0.6) is 5.75 Å². The molecule has 0 saturated carbocycles. The summed E-state index contributed by atoms with van der Waals surface area (Å²) in [7, 11) is 0. The first-order valence-electron chi connectivity index (χ1n) is 18.9. The second-order valence-electron chi connectivity index (χ2n) is 14.3. The zero-order chi connectivity index (χ0) is 37.0. The Bertz CT molecular complexity index is 3000. The molecule has 2 aliphatic rings. The van der Waals surface area contributed by atoms with E-state index < -0.39 is 0 Å². The monoisotopic (exact) mass is 735 g/mol. The number of thiophene rings is 1. The van der Waals surface area contributed by atoms with Crippen molar-refractivity contribution in [2.75, 3.05) is 0 Å². The van der Waals surface area contributed by atoms with Gasteiger partial charge < -0.3 is 4.74 Å². The van der Waals surface area contributed by atoms with E-state index in [0.717, 1.165) is 28.0 Å². The maximum Gasteiger partial charge on any atom is 0.164 e. The highest BCUT2D eigenvalue weighted by atomic mass is 32.1. The molecule has 7 aromatic carbocycles. The average Bonchev–Trinajstić information content (AvgIpc) is 3.85. The summed E-state index contributed by atoms with van der Waals surface area (Å²) in [5, 5.41) is 2.55. The Hall–Kier alpha value is -6.95. The van der Waals surface area contributed by atoms with Gasteiger partial charge in [0.15, 0.2) is 17.5 Å². The lowest BCUT2D eigenvalue weighted by Gasteiger charge is -2.18. The predicted octanol–water partition coefficient (Wildman–Crippen LogP) is 13.1. The quantitative estimate of drug-likeness (QED) is 0.171. The Labute approximate surface area is 328 Å². The van der Waals surface area contributed by atoms with Crippen LogP contribution in [0.2, 0.25) is 0 Å². The Morgan fingerprint density at radius 1 is 0.464 bits per heavy atom. The first kappa shape index (κ1) is 32.5. The minimum atomic E-state index is -0.0986. The summed E-state index contributed by atoms with van der Waals surface area (Å²) >= 11 is 1.84. The number of allylic oxidation sites excluding steroid dienone is 2. The van der Waals surface area contributed by atoms with Crippen LogP contribution in [-0.4, -0.2) is 21.1 Å². The molecule has 5 heteroatoms. The summed E-state index contributed by atoms with van der Waals surface area (Å²) in [6.07, 6.45) is 6.39. The van der Waals surface area contributed by atoms with Gasteiger partial charge in [-0.1, -0.05) is 152 Å². The Kier molecular flexibility index (Phi) is 7.78. The minimum Gasteiger partial charge on any atom is -0.485 e. The lowest BCUT2D eigenvalue weighted by molar-refractivity contribution is 0.269. The molecule has 264 valence electrons. The highest BCUT2D eigenvalue weighted by Gasteiger charge is 2.33. The van der Waals surface area contributed by atoms with Crippen LogP contribution in [0.25, 0.3) is 81.9 Å². The predicted molar refractivity (Wildman–Crippen MR) is 231 cm³/mol. The Balaban J connectivity index is 0.964. The molecule has 0 N–H and O–H groups in total. The topological polar surface area (TPSA) is 47.9 Å². The normalized spacial score (nSPS) is 15.7. The molecular formula is C51H33N3OS. The fourth-order valence-electron chi connectivity index (χ4n) is 8.11. The van der Waals surface area contributed by atoms with Crippen LogP contribution in [0.15, 0.2) is 188 Å². The lowest BCUT2D eigenvalue weighted by Crippen LogP contribution is -2.18. The SMILES string of the molecule is C1=CC2c3ccccc3OC2C=C1c1nc(-c2ccccc2)nc(-c2ccc(-c3cccc4sc5ccc(-c6cccc(-c7ccccc7)c6)cc5c34)cc2)n1. The van der Waals surface area contributed by atoms with E-state index in [2.05, 4.69) is 146 Å². The van der Waals surface area contributed by atoms with Crippen molar-refractivity contribution in [3.8, 4) is 61.9 Å². The molecule has 0 bridgehead atoms. The van der Waals surface area contributed by atoms with E-state index in [-0.39, 0.29) is 12.0 Å². The van der Waals surface area contributed by atoms with Gasteiger partial charge in [-0.25, -0.2) is 15.0 Å². The van der Waals surface area contributed by atoms with Gasteiger partial charge in [-0.15, -0.1) is 11.3 Å². The zero-order valence-electron chi connectivity index (χ0n) is 30.2. The van der Waals surface area contributed by atoms with Crippen LogP contribution in [-0.2, 0) is 0 Å². The van der Waals surface area contributed by atoms with E-state index in [1.54, 1.807) is 0 Å². The summed E-state index contributed by atoms with van der Waals surface area (Å²) in [5.41, 5.74) is 11.2. The molecule has 56 heavy (non-hydrogen) atoms. The third kappa shape index (κ3) is 5.72. The fraction of sp³-hybridized carbons (Fsp3) is 0.0392. The van der Waals surface area contributed by atoms with Crippen molar-refractivity contribution in [1.29, 1.82) is 0 Å². The van der Waals surface area contributed by atoms with Gasteiger partial charge in [-0.3, -0.25) is 0 Å². The smallest absolute Gasteiger partial charge is 0.164 e. The van der Waals surface area contributed by atoms with Crippen LogP contribution in [0, 0.1) is 0 Å². The second-order valence-corrected chi connectivity index (χ2v) is 15.4.